The van der Waals surface area contributed by atoms with Gasteiger partial charge in [0.15, 0.2) is 0 Å². The van der Waals surface area contributed by atoms with Crippen molar-refractivity contribution in [2.24, 2.45) is 0 Å². The third-order valence-electron chi connectivity index (χ3n) is 5.20. The van der Waals surface area contributed by atoms with E-state index in [0.29, 0.717) is 6.42 Å². The first-order valence-corrected chi connectivity index (χ1v) is 9.74. The van der Waals surface area contributed by atoms with Crippen LogP contribution in [0.2, 0.25) is 0 Å². The molecule has 4 rings (SSSR count). The Labute approximate surface area is 165 Å². The maximum Gasteiger partial charge on any atom is 0.227 e. The number of amides is 1. The Balaban J connectivity index is 1.28. The van der Waals surface area contributed by atoms with E-state index in [2.05, 4.69) is 46.5 Å². The number of benzene rings is 2. The molecule has 0 atom stereocenters. The second-order valence-corrected chi connectivity index (χ2v) is 7.33. The zero-order valence-electron chi connectivity index (χ0n) is 16.2. The third kappa shape index (κ3) is 4.49. The van der Waals surface area contributed by atoms with Gasteiger partial charge in [-0.1, -0.05) is 59.8 Å². The number of hydrogen-bond donors (Lipinski definition) is 0. The molecule has 1 fully saturated rings. The Hall–Kier alpha value is -2.92. The minimum Gasteiger partial charge on any atom is -0.361 e. The first kappa shape index (κ1) is 18.4. The van der Waals surface area contributed by atoms with Crippen LogP contribution >= 0.6 is 0 Å². The SMILES string of the molecule is Cc1cc(CN2CCN(C(=O)Cc3ccc(-c4ccccc4)cc3)CC2)no1. The Morgan fingerprint density at radius 1 is 0.964 bits per heavy atom. The molecule has 1 aliphatic heterocycles. The van der Waals surface area contributed by atoms with Crippen LogP contribution in [0.1, 0.15) is 17.0 Å². The van der Waals surface area contributed by atoms with Crippen LogP contribution in [0.15, 0.2) is 65.2 Å². The maximum atomic E-state index is 12.7. The Bertz CT molecular complexity index is 911. The normalized spacial score (nSPS) is 15.0. The summed E-state index contributed by atoms with van der Waals surface area (Å²) in [5, 5.41) is 4.05. The van der Waals surface area contributed by atoms with Gasteiger partial charge in [0.2, 0.25) is 5.91 Å². The van der Waals surface area contributed by atoms with E-state index in [1.54, 1.807) is 0 Å². The van der Waals surface area contributed by atoms with Gasteiger partial charge in [-0.3, -0.25) is 9.69 Å². The molecule has 2 aromatic carbocycles. The maximum absolute atomic E-state index is 12.7. The van der Waals surface area contributed by atoms with Crippen molar-refractivity contribution in [3.63, 3.8) is 0 Å². The van der Waals surface area contributed by atoms with Crippen LogP contribution in [0.25, 0.3) is 11.1 Å². The number of aryl methyl sites for hydroxylation is 1. The van der Waals surface area contributed by atoms with Gasteiger partial charge in [-0.15, -0.1) is 0 Å². The molecule has 144 valence electrons. The van der Waals surface area contributed by atoms with Crippen molar-refractivity contribution < 1.29 is 9.32 Å². The number of carbonyl (C=O) groups excluding carboxylic acids is 1. The monoisotopic (exact) mass is 375 g/mol. The van der Waals surface area contributed by atoms with Gasteiger partial charge in [-0.2, -0.15) is 0 Å². The van der Waals surface area contributed by atoms with Gasteiger partial charge >= 0.3 is 0 Å². The Morgan fingerprint density at radius 2 is 1.64 bits per heavy atom. The van der Waals surface area contributed by atoms with Gasteiger partial charge in [0, 0.05) is 38.8 Å². The van der Waals surface area contributed by atoms with Gasteiger partial charge in [-0.25, -0.2) is 0 Å². The molecule has 2 heterocycles. The zero-order chi connectivity index (χ0) is 19.3. The van der Waals surface area contributed by atoms with Crippen LogP contribution in [0.4, 0.5) is 0 Å². The predicted octanol–water partition coefficient (Wildman–Crippen LogP) is 3.54. The molecule has 0 unspecified atom stereocenters. The highest BCUT2D eigenvalue weighted by Crippen LogP contribution is 2.20. The highest BCUT2D eigenvalue weighted by atomic mass is 16.5. The fourth-order valence-corrected chi connectivity index (χ4v) is 3.61. The average molecular weight is 375 g/mol. The fraction of sp³-hybridized carbons (Fsp3) is 0.304. The van der Waals surface area contributed by atoms with Crippen LogP contribution in [0.3, 0.4) is 0 Å². The Kier molecular flexibility index (Phi) is 5.53. The van der Waals surface area contributed by atoms with Crippen molar-refractivity contribution >= 4 is 5.91 Å². The second kappa shape index (κ2) is 8.40. The smallest absolute Gasteiger partial charge is 0.227 e. The molecule has 1 amide bonds. The van der Waals surface area contributed by atoms with Gasteiger partial charge in [-0.05, 0) is 23.6 Å². The lowest BCUT2D eigenvalue weighted by molar-refractivity contribution is -0.132. The Morgan fingerprint density at radius 3 is 2.29 bits per heavy atom. The molecule has 5 nitrogen and oxygen atoms in total. The second-order valence-electron chi connectivity index (χ2n) is 7.33. The lowest BCUT2D eigenvalue weighted by Crippen LogP contribution is -2.48. The third-order valence-corrected chi connectivity index (χ3v) is 5.20. The van der Waals surface area contributed by atoms with Crippen molar-refractivity contribution in [1.29, 1.82) is 0 Å². The molecule has 5 heteroatoms. The van der Waals surface area contributed by atoms with E-state index in [0.717, 1.165) is 49.7 Å². The lowest BCUT2D eigenvalue weighted by atomic mass is 10.0. The van der Waals surface area contributed by atoms with Crippen molar-refractivity contribution in [1.82, 2.24) is 15.0 Å². The van der Waals surface area contributed by atoms with Crippen LogP contribution in [0, 0.1) is 6.92 Å². The summed E-state index contributed by atoms with van der Waals surface area (Å²) in [6, 6.07) is 20.6. The molecule has 1 aliphatic rings. The molecule has 0 radical (unpaired) electrons. The van der Waals surface area contributed by atoms with Crippen molar-refractivity contribution in [2.45, 2.75) is 19.9 Å². The molecule has 28 heavy (non-hydrogen) atoms. The summed E-state index contributed by atoms with van der Waals surface area (Å²) in [5.74, 6) is 1.03. The van der Waals surface area contributed by atoms with Crippen molar-refractivity contribution in [3.8, 4) is 11.1 Å². The van der Waals surface area contributed by atoms with Crippen LogP contribution in [-0.4, -0.2) is 47.0 Å². The van der Waals surface area contributed by atoms with E-state index in [-0.39, 0.29) is 5.91 Å². The highest BCUT2D eigenvalue weighted by molar-refractivity contribution is 5.79. The van der Waals surface area contributed by atoms with Crippen LogP contribution < -0.4 is 0 Å². The highest BCUT2D eigenvalue weighted by Gasteiger charge is 2.21. The number of aromatic nitrogens is 1. The van der Waals surface area contributed by atoms with E-state index in [1.807, 2.05) is 36.1 Å². The number of hydrogen-bond acceptors (Lipinski definition) is 4. The van der Waals surface area contributed by atoms with Crippen molar-refractivity contribution in [3.05, 3.63) is 77.7 Å². The number of carbonyl (C=O) groups is 1. The number of rotatable bonds is 5. The average Bonchev–Trinajstić information content (AvgIpc) is 3.14. The lowest BCUT2D eigenvalue weighted by Gasteiger charge is -2.34. The fourth-order valence-electron chi connectivity index (χ4n) is 3.61. The van der Waals surface area contributed by atoms with Gasteiger partial charge < -0.3 is 9.42 Å². The summed E-state index contributed by atoms with van der Waals surface area (Å²) in [5.41, 5.74) is 4.38. The molecule has 0 aliphatic carbocycles. The number of nitrogens with zero attached hydrogens (tertiary/aromatic N) is 3. The summed E-state index contributed by atoms with van der Waals surface area (Å²) in [7, 11) is 0. The summed E-state index contributed by atoms with van der Waals surface area (Å²) in [6.07, 6.45) is 0.456. The molecule has 1 saturated heterocycles. The molecule has 0 spiro atoms. The van der Waals surface area contributed by atoms with Gasteiger partial charge in [0.1, 0.15) is 5.76 Å². The molecule has 0 bridgehead atoms. The largest absolute Gasteiger partial charge is 0.361 e. The molecule has 3 aromatic rings. The number of piperazine rings is 1. The van der Waals surface area contributed by atoms with Gasteiger partial charge in [0.25, 0.3) is 0 Å². The van der Waals surface area contributed by atoms with Crippen molar-refractivity contribution in [2.75, 3.05) is 26.2 Å². The van der Waals surface area contributed by atoms with E-state index >= 15 is 0 Å². The van der Waals surface area contributed by atoms with Crippen LogP contribution in [0.5, 0.6) is 0 Å². The van der Waals surface area contributed by atoms with Crippen LogP contribution in [-0.2, 0) is 17.8 Å². The predicted molar refractivity (Wildman–Crippen MR) is 109 cm³/mol. The summed E-state index contributed by atoms with van der Waals surface area (Å²) < 4.78 is 5.13. The van der Waals surface area contributed by atoms with E-state index < -0.39 is 0 Å². The topological polar surface area (TPSA) is 49.6 Å². The van der Waals surface area contributed by atoms with E-state index in [1.165, 1.54) is 11.1 Å². The molecular weight excluding hydrogens is 350 g/mol. The molecule has 0 N–H and O–H groups in total. The first-order valence-electron chi connectivity index (χ1n) is 9.74. The minimum atomic E-state index is 0.199. The van der Waals surface area contributed by atoms with E-state index in [9.17, 15) is 4.79 Å². The first-order chi connectivity index (χ1) is 13.7. The minimum absolute atomic E-state index is 0.199. The zero-order valence-corrected chi connectivity index (χ0v) is 16.2. The van der Waals surface area contributed by atoms with Gasteiger partial charge in [0.05, 0.1) is 12.1 Å². The molecule has 1 aromatic heterocycles. The summed E-state index contributed by atoms with van der Waals surface area (Å²) in [6.45, 7) is 5.94. The molecular formula is C23H25N3O2. The van der Waals surface area contributed by atoms with E-state index in [4.69, 9.17) is 4.52 Å². The quantitative estimate of drug-likeness (QED) is 0.684. The summed E-state index contributed by atoms with van der Waals surface area (Å²) in [4.78, 5) is 17.0. The summed E-state index contributed by atoms with van der Waals surface area (Å²) >= 11 is 0. The molecule has 0 saturated carbocycles. The standard InChI is InChI=1S/C23H25N3O2/c1-18-15-22(24-28-18)17-25-11-13-26(14-12-25)23(27)16-19-7-9-21(10-8-19)20-5-3-2-4-6-20/h2-10,15H,11-14,16-17H2,1H3.